The number of aliphatic hydroxyl groups is 2. The lowest BCUT2D eigenvalue weighted by Crippen LogP contribution is -2.55. The molecule has 0 radical (unpaired) electrons. The van der Waals surface area contributed by atoms with Crippen LogP contribution in [0.25, 0.3) is 0 Å². The number of carbonyl (C=O) groups is 1. The van der Waals surface area contributed by atoms with Crippen LogP contribution in [-0.4, -0.2) is 60.9 Å². The predicted molar refractivity (Wildman–Crippen MR) is 83.6 cm³/mol. The number of hydrogen-bond donors (Lipinski definition) is 3. The van der Waals surface area contributed by atoms with Gasteiger partial charge in [0, 0.05) is 5.56 Å². The standard InChI is InChI=1S/C15H20FNO6S/c1-9-13(18)12(16)14(19)11(23-9)7-8-24(21,22)17-15(20)10-5-3-2-4-6-10/h2-6,9,11-14,18-19H,7-8H2,1H3,(H,17,20)/t9?,11?,12?,13-,14-/m1/s1. The molecule has 2 rings (SSSR count). The summed E-state index contributed by atoms with van der Waals surface area (Å²) in [5.41, 5.74) is 0.190. The molecule has 1 aliphatic heterocycles. The maximum Gasteiger partial charge on any atom is 0.264 e. The lowest BCUT2D eigenvalue weighted by Gasteiger charge is -2.38. The van der Waals surface area contributed by atoms with Crippen molar-refractivity contribution in [3.8, 4) is 0 Å². The van der Waals surface area contributed by atoms with E-state index < -0.39 is 52.3 Å². The van der Waals surface area contributed by atoms with Crippen LogP contribution in [0.2, 0.25) is 0 Å². The Morgan fingerprint density at radius 3 is 2.50 bits per heavy atom. The molecule has 3 N–H and O–H groups in total. The maximum atomic E-state index is 13.7. The first kappa shape index (κ1) is 18.8. The lowest BCUT2D eigenvalue weighted by atomic mass is 9.95. The molecule has 1 aliphatic rings. The van der Waals surface area contributed by atoms with Crippen LogP contribution in [0.5, 0.6) is 0 Å². The Hall–Kier alpha value is -1.55. The van der Waals surface area contributed by atoms with Crippen molar-refractivity contribution in [1.29, 1.82) is 0 Å². The molecule has 0 bridgehead atoms. The van der Waals surface area contributed by atoms with E-state index in [1.165, 1.54) is 19.1 Å². The first-order valence-electron chi connectivity index (χ1n) is 7.47. The highest BCUT2D eigenvalue weighted by Gasteiger charge is 2.43. The van der Waals surface area contributed by atoms with E-state index in [1.807, 2.05) is 4.72 Å². The van der Waals surface area contributed by atoms with E-state index >= 15 is 0 Å². The van der Waals surface area contributed by atoms with Gasteiger partial charge >= 0.3 is 0 Å². The van der Waals surface area contributed by atoms with E-state index in [4.69, 9.17) is 4.74 Å². The summed E-state index contributed by atoms with van der Waals surface area (Å²) >= 11 is 0. The Bertz CT molecular complexity index is 668. The van der Waals surface area contributed by atoms with Crippen LogP contribution in [0, 0.1) is 0 Å². The maximum absolute atomic E-state index is 13.7. The number of aliphatic hydroxyl groups excluding tert-OH is 2. The van der Waals surface area contributed by atoms with Gasteiger partial charge in [0.05, 0.1) is 18.0 Å². The Balaban J connectivity index is 1.94. The molecule has 1 amide bonds. The summed E-state index contributed by atoms with van der Waals surface area (Å²) in [6.45, 7) is 1.43. The van der Waals surface area contributed by atoms with Crippen molar-refractivity contribution in [2.24, 2.45) is 0 Å². The van der Waals surface area contributed by atoms with Gasteiger partial charge in [-0.3, -0.25) is 4.79 Å². The number of halogens is 1. The minimum atomic E-state index is -3.98. The monoisotopic (exact) mass is 361 g/mol. The molecule has 0 saturated carbocycles. The fourth-order valence-corrected chi connectivity index (χ4v) is 3.50. The molecule has 7 nitrogen and oxygen atoms in total. The number of rotatable bonds is 5. The molecular weight excluding hydrogens is 341 g/mol. The number of benzene rings is 1. The molecule has 0 spiro atoms. The Morgan fingerprint density at radius 2 is 1.88 bits per heavy atom. The van der Waals surface area contributed by atoms with E-state index in [0.29, 0.717) is 0 Å². The van der Waals surface area contributed by atoms with E-state index in [9.17, 15) is 27.8 Å². The number of nitrogens with one attached hydrogen (secondary N) is 1. The normalized spacial score (nSPS) is 30.8. The Labute approximate surface area is 139 Å². The van der Waals surface area contributed by atoms with Crippen LogP contribution in [0.1, 0.15) is 23.7 Å². The van der Waals surface area contributed by atoms with Gasteiger partial charge in [-0.1, -0.05) is 18.2 Å². The molecule has 1 aromatic rings. The second-order valence-corrected chi connectivity index (χ2v) is 7.55. The van der Waals surface area contributed by atoms with Gasteiger partial charge < -0.3 is 14.9 Å². The third-order valence-corrected chi connectivity index (χ3v) is 5.13. The quantitative estimate of drug-likeness (QED) is 0.680. The Kier molecular flexibility index (Phi) is 5.92. The van der Waals surface area contributed by atoms with Gasteiger partial charge in [0.15, 0.2) is 6.17 Å². The van der Waals surface area contributed by atoms with E-state index in [0.717, 1.165) is 0 Å². The molecule has 1 heterocycles. The van der Waals surface area contributed by atoms with E-state index in [-0.39, 0.29) is 12.0 Å². The summed E-state index contributed by atoms with van der Waals surface area (Å²) in [5, 5.41) is 19.2. The van der Waals surface area contributed by atoms with Gasteiger partial charge in [0.2, 0.25) is 10.0 Å². The van der Waals surface area contributed by atoms with Crippen molar-refractivity contribution in [1.82, 2.24) is 4.72 Å². The van der Waals surface area contributed by atoms with Gasteiger partial charge in [0.25, 0.3) is 5.91 Å². The van der Waals surface area contributed by atoms with Gasteiger partial charge in [0.1, 0.15) is 12.2 Å². The smallest absolute Gasteiger partial charge is 0.264 e. The second-order valence-electron chi connectivity index (χ2n) is 5.71. The van der Waals surface area contributed by atoms with Crippen LogP contribution < -0.4 is 4.72 Å². The summed E-state index contributed by atoms with van der Waals surface area (Å²) in [7, 11) is -3.98. The van der Waals surface area contributed by atoms with Crippen molar-refractivity contribution < 1.29 is 32.6 Å². The summed E-state index contributed by atoms with van der Waals surface area (Å²) in [5.74, 6) is -1.30. The zero-order valence-electron chi connectivity index (χ0n) is 13.0. The van der Waals surface area contributed by atoms with Crippen LogP contribution in [0.3, 0.4) is 0 Å². The fraction of sp³-hybridized carbons (Fsp3) is 0.533. The van der Waals surface area contributed by atoms with E-state index in [1.54, 1.807) is 18.2 Å². The van der Waals surface area contributed by atoms with Crippen molar-refractivity contribution in [3.05, 3.63) is 35.9 Å². The zero-order chi connectivity index (χ0) is 17.9. The first-order valence-corrected chi connectivity index (χ1v) is 9.12. The van der Waals surface area contributed by atoms with Crippen molar-refractivity contribution in [2.45, 2.75) is 43.9 Å². The van der Waals surface area contributed by atoms with Crippen LogP contribution in [0.15, 0.2) is 30.3 Å². The molecule has 5 atom stereocenters. The molecule has 0 aliphatic carbocycles. The van der Waals surface area contributed by atoms with Gasteiger partial charge in [-0.25, -0.2) is 17.5 Å². The average molecular weight is 361 g/mol. The number of carbonyl (C=O) groups excluding carboxylic acids is 1. The average Bonchev–Trinajstić information content (AvgIpc) is 2.55. The molecule has 0 aromatic heterocycles. The fourth-order valence-electron chi connectivity index (χ4n) is 2.45. The van der Waals surface area contributed by atoms with E-state index in [2.05, 4.69) is 0 Å². The Morgan fingerprint density at radius 1 is 1.25 bits per heavy atom. The molecular formula is C15H20FNO6S. The van der Waals surface area contributed by atoms with Gasteiger partial charge in [-0.15, -0.1) is 0 Å². The second kappa shape index (κ2) is 7.56. The largest absolute Gasteiger partial charge is 0.387 e. The molecule has 1 saturated heterocycles. The number of sulfonamides is 1. The summed E-state index contributed by atoms with van der Waals surface area (Å²) in [4.78, 5) is 11.9. The van der Waals surface area contributed by atoms with Crippen LogP contribution in [0.4, 0.5) is 4.39 Å². The van der Waals surface area contributed by atoms with Gasteiger partial charge in [-0.2, -0.15) is 0 Å². The predicted octanol–water partition coefficient (Wildman–Crippen LogP) is -0.0165. The molecule has 3 unspecified atom stereocenters. The highest BCUT2D eigenvalue weighted by molar-refractivity contribution is 7.90. The minimum Gasteiger partial charge on any atom is -0.387 e. The molecule has 9 heteroatoms. The minimum absolute atomic E-state index is 0.190. The number of alkyl halides is 1. The van der Waals surface area contributed by atoms with Crippen molar-refractivity contribution >= 4 is 15.9 Å². The molecule has 1 aromatic carbocycles. The number of hydrogen-bond acceptors (Lipinski definition) is 6. The summed E-state index contributed by atoms with van der Waals surface area (Å²) < 4.78 is 44.8. The van der Waals surface area contributed by atoms with Crippen molar-refractivity contribution in [3.63, 3.8) is 0 Å². The molecule has 134 valence electrons. The van der Waals surface area contributed by atoms with Gasteiger partial charge in [-0.05, 0) is 25.5 Å². The van der Waals surface area contributed by atoms with Crippen LogP contribution in [-0.2, 0) is 14.8 Å². The van der Waals surface area contributed by atoms with Crippen LogP contribution >= 0.6 is 0 Å². The topological polar surface area (TPSA) is 113 Å². The van der Waals surface area contributed by atoms with Crippen molar-refractivity contribution in [2.75, 3.05) is 5.75 Å². The third kappa shape index (κ3) is 4.50. The highest BCUT2D eigenvalue weighted by Crippen LogP contribution is 2.25. The highest BCUT2D eigenvalue weighted by atomic mass is 32.2. The molecule has 1 fully saturated rings. The summed E-state index contributed by atoms with van der Waals surface area (Å²) in [6, 6.07) is 7.82. The number of ether oxygens (including phenoxy) is 1. The summed E-state index contributed by atoms with van der Waals surface area (Å²) in [6.07, 6.45) is -7.17. The SMILES string of the molecule is CC1OC(CCS(=O)(=O)NC(=O)c2ccccc2)[C@@H](O)C(F)[C@@H]1O. The third-order valence-electron chi connectivity index (χ3n) is 3.86. The zero-order valence-corrected chi connectivity index (χ0v) is 13.8. The lowest BCUT2D eigenvalue weighted by molar-refractivity contribution is -0.198. The first-order chi connectivity index (χ1) is 11.2. The number of amides is 1. The molecule has 24 heavy (non-hydrogen) atoms.